The Kier molecular flexibility index (Phi) is 5.04. The number of piperazine rings is 1. The van der Waals surface area contributed by atoms with E-state index in [0.717, 1.165) is 39.1 Å². The van der Waals surface area contributed by atoms with Gasteiger partial charge >= 0.3 is 0 Å². The van der Waals surface area contributed by atoms with Crippen LogP contribution in [0.25, 0.3) is 0 Å². The van der Waals surface area contributed by atoms with Crippen LogP contribution in [-0.4, -0.2) is 81.6 Å². The van der Waals surface area contributed by atoms with Crippen LogP contribution in [0.2, 0.25) is 0 Å². The average Bonchev–Trinajstić information content (AvgIpc) is 2.60. The van der Waals surface area contributed by atoms with E-state index in [0.29, 0.717) is 12.1 Å². The maximum Gasteiger partial charge on any atom is 0.223 e. The largest absolute Gasteiger partial charge is 0.383 e. The smallest absolute Gasteiger partial charge is 0.223 e. The number of hydrogen-bond acceptors (Lipinski definition) is 5. The summed E-state index contributed by atoms with van der Waals surface area (Å²) >= 11 is 0. The minimum Gasteiger partial charge on any atom is -0.383 e. The van der Waals surface area contributed by atoms with Crippen LogP contribution < -0.4 is 0 Å². The van der Waals surface area contributed by atoms with Crippen LogP contribution in [0.3, 0.4) is 0 Å². The molecule has 7 heteroatoms. The molecule has 2 aliphatic heterocycles. The number of ether oxygens (including phenoxy) is 1. The van der Waals surface area contributed by atoms with Crippen molar-refractivity contribution in [3.63, 3.8) is 0 Å². The molecule has 20 heavy (non-hydrogen) atoms. The van der Waals surface area contributed by atoms with E-state index >= 15 is 0 Å². The molecule has 6 nitrogen and oxygen atoms in total. The Balaban J connectivity index is 1.87. The van der Waals surface area contributed by atoms with Gasteiger partial charge in [0.05, 0.1) is 12.4 Å². The van der Waals surface area contributed by atoms with Gasteiger partial charge < -0.3 is 9.64 Å². The van der Waals surface area contributed by atoms with E-state index in [4.69, 9.17) is 4.74 Å². The summed E-state index contributed by atoms with van der Waals surface area (Å²) in [6, 6.07) is 0.817. The van der Waals surface area contributed by atoms with Crippen molar-refractivity contribution in [3.05, 3.63) is 0 Å². The highest BCUT2D eigenvalue weighted by Crippen LogP contribution is 2.30. The van der Waals surface area contributed by atoms with E-state index in [1.807, 2.05) is 4.90 Å². The van der Waals surface area contributed by atoms with Gasteiger partial charge in [0.2, 0.25) is 5.91 Å². The van der Waals surface area contributed by atoms with Crippen LogP contribution in [-0.2, 0) is 19.4 Å². The average molecular weight is 304 g/mol. The predicted octanol–water partition coefficient (Wildman–Crippen LogP) is -0.257. The molecule has 0 aliphatic carbocycles. The van der Waals surface area contributed by atoms with Gasteiger partial charge in [-0.05, 0) is 12.8 Å². The second-order valence-corrected chi connectivity index (χ2v) is 8.05. The Morgan fingerprint density at radius 2 is 1.85 bits per heavy atom. The highest BCUT2D eigenvalue weighted by Gasteiger charge is 2.40. The molecule has 0 aromatic heterocycles. The lowest BCUT2D eigenvalue weighted by Crippen LogP contribution is -2.56. The van der Waals surface area contributed by atoms with Gasteiger partial charge in [-0.2, -0.15) is 0 Å². The number of methoxy groups -OCH3 is 1. The summed E-state index contributed by atoms with van der Waals surface area (Å²) in [5, 5.41) is 0. The highest BCUT2D eigenvalue weighted by molar-refractivity contribution is 7.90. The first-order chi connectivity index (χ1) is 9.40. The predicted molar refractivity (Wildman–Crippen MR) is 76.3 cm³/mol. The number of hydrogen-bond donors (Lipinski definition) is 0. The SMILES string of the molecule is COCCN1C2CCC1CN(C(=O)CCS(C)(=O)=O)C2. The summed E-state index contributed by atoms with van der Waals surface area (Å²) in [5.74, 6) is -0.0795. The second-order valence-electron chi connectivity index (χ2n) is 5.79. The van der Waals surface area contributed by atoms with Gasteiger partial charge in [-0.25, -0.2) is 8.42 Å². The van der Waals surface area contributed by atoms with Crippen LogP contribution in [0, 0.1) is 0 Å². The van der Waals surface area contributed by atoms with Crippen molar-refractivity contribution < 1.29 is 17.9 Å². The molecule has 2 fully saturated rings. The van der Waals surface area contributed by atoms with E-state index in [2.05, 4.69) is 4.90 Å². The van der Waals surface area contributed by atoms with Crippen LogP contribution >= 0.6 is 0 Å². The number of rotatable bonds is 6. The minimum absolute atomic E-state index is 0.0290. The Hall–Kier alpha value is -0.660. The molecule has 0 saturated carbocycles. The van der Waals surface area contributed by atoms with Gasteiger partial charge in [-0.3, -0.25) is 9.69 Å². The Bertz CT molecular complexity index is 437. The molecule has 116 valence electrons. The third-order valence-corrected chi connectivity index (χ3v) is 5.17. The molecule has 2 unspecified atom stereocenters. The summed E-state index contributed by atoms with van der Waals surface area (Å²) in [4.78, 5) is 16.4. The topological polar surface area (TPSA) is 66.9 Å². The number of fused-ring (bicyclic) bond motifs is 2. The molecular weight excluding hydrogens is 280 g/mol. The first kappa shape index (κ1) is 15.7. The molecule has 2 saturated heterocycles. The van der Waals surface area contributed by atoms with Crippen molar-refractivity contribution in [2.75, 3.05) is 45.4 Å². The summed E-state index contributed by atoms with van der Waals surface area (Å²) in [6.45, 7) is 3.08. The molecule has 0 aromatic rings. The van der Waals surface area contributed by atoms with Crippen LogP contribution in [0.1, 0.15) is 19.3 Å². The van der Waals surface area contributed by atoms with Gasteiger partial charge in [0.15, 0.2) is 0 Å². The quantitative estimate of drug-likeness (QED) is 0.676. The maximum atomic E-state index is 12.1. The van der Waals surface area contributed by atoms with E-state index in [-0.39, 0.29) is 18.1 Å². The number of likely N-dealkylation sites (tertiary alicyclic amines) is 1. The van der Waals surface area contributed by atoms with Crippen LogP contribution in [0.15, 0.2) is 0 Å². The summed E-state index contributed by atoms with van der Waals surface area (Å²) in [5.41, 5.74) is 0. The van der Waals surface area contributed by atoms with Gasteiger partial charge in [0.25, 0.3) is 0 Å². The third-order valence-electron chi connectivity index (χ3n) is 4.23. The van der Waals surface area contributed by atoms with Crippen molar-refractivity contribution in [1.29, 1.82) is 0 Å². The molecule has 1 amide bonds. The van der Waals surface area contributed by atoms with Gasteiger partial charge in [0.1, 0.15) is 9.84 Å². The van der Waals surface area contributed by atoms with Gasteiger partial charge in [-0.1, -0.05) is 0 Å². The third kappa shape index (κ3) is 3.93. The lowest BCUT2D eigenvalue weighted by Gasteiger charge is -2.41. The van der Waals surface area contributed by atoms with Gasteiger partial charge in [0, 0.05) is 51.5 Å². The van der Waals surface area contributed by atoms with E-state index in [1.54, 1.807) is 7.11 Å². The number of nitrogens with zero attached hydrogens (tertiary/aromatic N) is 2. The van der Waals surface area contributed by atoms with E-state index < -0.39 is 9.84 Å². The number of carbonyl (C=O) groups is 1. The maximum absolute atomic E-state index is 12.1. The zero-order chi connectivity index (χ0) is 14.8. The highest BCUT2D eigenvalue weighted by atomic mass is 32.2. The van der Waals surface area contributed by atoms with Crippen molar-refractivity contribution in [3.8, 4) is 0 Å². The number of carbonyl (C=O) groups excluding carboxylic acids is 1. The summed E-state index contributed by atoms with van der Waals surface area (Å²) in [7, 11) is -1.37. The van der Waals surface area contributed by atoms with E-state index in [9.17, 15) is 13.2 Å². The first-order valence-corrected chi connectivity index (χ1v) is 9.17. The van der Waals surface area contributed by atoms with Crippen LogP contribution in [0.5, 0.6) is 0 Å². The van der Waals surface area contributed by atoms with Crippen molar-refractivity contribution in [1.82, 2.24) is 9.80 Å². The molecule has 2 heterocycles. The Morgan fingerprint density at radius 3 is 2.35 bits per heavy atom. The lowest BCUT2D eigenvalue weighted by atomic mass is 10.2. The number of amides is 1. The molecule has 0 aromatic carbocycles. The van der Waals surface area contributed by atoms with Crippen molar-refractivity contribution in [2.45, 2.75) is 31.3 Å². The van der Waals surface area contributed by atoms with Gasteiger partial charge in [-0.15, -0.1) is 0 Å². The lowest BCUT2D eigenvalue weighted by molar-refractivity contribution is -0.134. The van der Waals surface area contributed by atoms with E-state index in [1.165, 1.54) is 6.26 Å². The first-order valence-electron chi connectivity index (χ1n) is 7.11. The molecule has 0 N–H and O–H groups in total. The van der Waals surface area contributed by atoms with Crippen molar-refractivity contribution >= 4 is 15.7 Å². The summed E-state index contributed by atoms with van der Waals surface area (Å²) < 4.78 is 27.4. The number of sulfone groups is 1. The Labute approximate surface area is 121 Å². The minimum atomic E-state index is -3.07. The standard InChI is InChI=1S/C13H24N2O4S/c1-19-7-6-15-11-3-4-12(15)10-14(9-11)13(16)5-8-20(2,17)18/h11-12H,3-10H2,1-2H3. The monoisotopic (exact) mass is 304 g/mol. The molecule has 2 rings (SSSR count). The molecule has 2 aliphatic rings. The zero-order valence-corrected chi connectivity index (χ0v) is 13.1. The molecular formula is C13H24N2O4S. The fraction of sp³-hybridized carbons (Fsp3) is 0.923. The van der Waals surface area contributed by atoms with Crippen LogP contribution in [0.4, 0.5) is 0 Å². The van der Waals surface area contributed by atoms with Crippen molar-refractivity contribution in [2.24, 2.45) is 0 Å². The fourth-order valence-corrected chi connectivity index (χ4v) is 3.73. The fourth-order valence-electron chi connectivity index (χ4n) is 3.19. The zero-order valence-electron chi connectivity index (χ0n) is 12.2. The Morgan fingerprint density at radius 1 is 1.25 bits per heavy atom. The molecule has 0 radical (unpaired) electrons. The normalized spacial score (nSPS) is 27.0. The molecule has 2 bridgehead atoms. The second kappa shape index (κ2) is 6.41. The molecule has 0 spiro atoms. The summed E-state index contributed by atoms with van der Waals surface area (Å²) in [6.07, 6.45) is 3.51. The molecule has 2 atom stereocenters.